The number of benzene rings is 1. The van der Waals surface area contributed by atoms with Gasteiger partial charge in [0.1, 0.15) is 0 Å². The van der Waals surface area contributed by atoms with E-state index < -0.39 is 11.8 Å². The first-order chi connectivity index (χ1) is 10.5. The molecule has 0 radical (unpaired) electrons. The van der Waals surface area contributed by atoms with Crippen LogP contribution in [0.25, 0.3) is 0 Å². The van der Waals surface area contributed by atoms with Crippen molar-refractivity contribution in [1.82, 2.24) is 5.32 Å². The summed E-state index contributed by atoms with van der Waals surface area (Å²) in [7, 11) is 0. The molecule has 0 aliphatic heterocycles. The van der Waals surface area contributed by atoms with Crippen LogP contribution < -0.4 is 16.0 Å². The van der Waals surface area contributed by atoms with E-state index in [-0.39, 0.29) is 5.91 Å². The Morgan fingerprint density at radius 2 is 1.77 bits per heavy atom. The summed E-state index contributed by atoms with van der Waals surface area (Å²) >= 11 is 0. The molecule has 22 heavy (non-hydrogen) atoms. The van der Waals surface area contributed by atoms with Gasteiger partial charge in [0.25, 0.3) is 0 Å². The highest BCUT2D eigenvalue weighted by Gasteiger charge is 2.13. The van der Waals surface area contributed by atoms with Crippen LogP contribution in [0.1, 0.15) is 20.3 Å². The van der Waals surface area contributed by atoms with Gasteiger partial charge in [-0.1, -0.05) is 6.07 Å². The van der Waals surface area contributed by atoms with Crippen molar-refractivity contribution in [2.24, 2.45) is 0 Å². The van der Waals surface area contributed by atoms with E-state index in [1.54, 1.807) is 24.3 Å². The molecule has 3 amide bonds. The minimum Gasteiger partial charge on any atom is -0.382 e. The average Bonchev–Trinajstić information content (AvgIpc) is 2.46. The quantitative estimate of drug-likeness (QED) is 0.519. The number of ether oxygens (including phenoxy) is 1. The summed E-state index contributed by atoms with van der Waals surface area (Å²) in [5, 5.41) is 7.58. The van der Waals surface area contributed by atoms with Gasteiger partial charge in [0.05, 0.1) is 0 Å². The van der Waals surface area contributed by atoms with Gasteiger partial charge in [-0.15, -0.1) is 0 Å². The minimum atomic E-state index is -0.753. The molecule has 1 rings (SSSR count). The lowest BCUT2D eigenvalue weighted by molar-refractivity contribution is -0.136. The molecule has 0 fully saturated rings. The van der Waals surface area contributed by atoms with E-state index in [4.69, 9.17) is 4.74 Å². The van der Waals surface area contributed by atoms with Gasteiger partial charge in [-0.05, 0) is 31.5 Å². The zero-order valence-electron chi connectivity index (χ0n) is 12.8. The van der Waals surface area contributed by atoms with Crippen LogP contribution >= 0.6 is 0 Å². The second-order valence-electron chi connectivity index (χ2n) is 4.52. The molecule has 0 unspecified atom stereocenters. The fraction of sp³-hybridized carbons (Fsp3) is 0.400. The third kappa shape index (κ3) is 6.85. The SMILES string of the molecule is CCOCCCNC(=O)C(=O)Nc1cccc(NC(C)=O)c1. The van der Waals surface area contributed by atoms with Gasteiger partial charge in [-0.25, -0.2) is 0 Å². The van der Waals surface area contributed by atoms with Crippen LogP contribution in [0.2, 0.25) is 0 Å². The first kappa shape index (κ1) is 17.6. The van der Waals surface area contributed by atoms with Crippen molar-refractivity contribution >= 4 is 29.1 Å². The lowest BCUT2D eigenvalue weighted by atomic mass is 10.2. The van der Waals surface area contributed by atoms with E-state index in [1.807, 2.05) is 6.92 Å². The second kappa shape index (κ2) is 9.51. The summed E-state index contributed by atoms with van der Waals surface area (Å²) in [4.78, 5) is 34.3. The molecule has 3 N–H and O–H groups in total. The van der Waals surface area contributed by atoms with Crippen LogP contribution in [0.15, 0.2) is 24.3 Å². The molecule has 120 valence electrons. The minimum absolute atomic E-state index is 0.212. The summed E-state index contributed by atoms with van der Waals surface area (Å²) in [5.41, 5.74) is 0.975. The van der Waals surface area contributed by atoms with Crippen molar-refractivity contribution in [3.05, 3.63) is 24.3 Å². The molecule has 7 heteroatoms. The Kier molecular flexibility index (Phi) is 7.63. The number of nitrogens with one attached hydrogen (secondary N) is 3. The number of carbonyl (C=O) groups excluding carboxylic acids is 3. The molecular formula is C15H21N3O4. The molecule has 0 aliphatic rings. The highest BCUT2D eigenvalue weighted by molar-refractivity contribution is 6.39. The summed E-state index contributed by atoms with van der Waals surface area (Å²) in [5.74, 6) is -1.67. The molecule has 0 saturated heterocycles. The van der Waals surface area contributed by atoms with Gasteiger partial charge in [-0.2, -0.15) is 0 Å². The van der Waals surface area contributed by atoms with Crippen molar-refractivity contribution < 1.29 is 19.1 Å². The Labute approximate surface area is 129 Å². The van der Waals surface area contributed by atoms with Crippen molar-refractivity contribution in [3.8, 4) is 0 Å². The zero-order valence-corrected chi connectivity index (χ0v) is 12.8. The monoisotopic (exact) mass is 307 g/mol. The molecule has 0 atom stereocenters. The van der Waals surface area contributed by atoms with Gasteiger partial charge in [0.15, 0.2) is 0 Å². The van der Waals surface area contributed by atoms with E-state index in [0.717, 1.165) is 0 Å². The van der Waals surface area contributed by atoms with Crippen LogP contribution in [-0.2, 0) is 19.1 Å². The first-order valence-corrected chi connectivity index (χ1v) is 7.07. The maximum Gasteiger partial charge on any atom is 0.313 e. The fourth-order valence-corrected chi connectivity index (χ4v) is 1.67. The maximum atomic E-state index is 11.7. The van der Waals surface area contributed by atoms with Gasteiger partial charge in [-0.3, -0.25) is 14.4 Å². The second-order valence-corrected chi connectivity index (χ2v) is 4.52. The molecule has 1 aromatic carbocycles. The number of amides is 3. The molecule has 7 nitrogen and oxygen atoms in total. The fourth-order valence-electron chi connectivity index (χ4n) is 1.67. The molecular weight excluding hydrogens is 286 g/mol. The third-order valence-electron chi connectivity index (χ3n) is 2.60. The van der Waals surface area contributed by atoms with E-state index in [2.05, 4.69) is 16.0 Å². The summed E-state index contributed by atoms with van der Waals surface area (Å²) in [6.45, 7) is 4.82. The van der Waals surface area contributed by atoms with Crippen LogP contribution in [0.3, 0.4) is 0 Å². The summed E-state index contributed by atoms with van der Waals surface area (Å²) in [6.07, 6.45) is 0.644. The number of carbonyl (C=O) groups is 3. The lowest BCUT2D eigenvalue weighted by Gasteiger charge is -2.08. The number of hydrogen-bond donors (Lipinski definition) is 3. The maximum absolute atomic E-state index is 11.7. The van der Waals surface area contributed by atoms with Crippen LogP contribution in [0.5, 0.6) is 0 Å². The summed E-state index contributed by atoms with van der Waals surface area (Å²) in [6, 6.07) is 6.55. The molecule has 0 saturated carbocycles. The van der Waals surface area contributed by atoms with Gasteiger partial charge in [0, 0.05) is 38.1 Å². The number of rotatable bonds is 7. The normalized spacial score (nSPS) is 9.91. The third-order valence-corrected chi connectivity index (χ3v) is 2.60. The zero-order chi connectivity index (χ0) is 16.4. The predicted octanol–water partition coefficient (Wildman–Crippen LogP) is 1.13. The lowest BCUT2D eigenvalue weighted by Crippen LogP contribution is -2.36. The Balaban J connectivity index is 2.43. The van der Waals surface area contributed by atoms with E-state index >= 15 is 0 Å². The Morgan fingerprint density at radius 3 is 2.41 bits per heavy atom. The smallest absolute Gasteiger partial charge is 0.313 e. The Bertz CT molecular complexity index is 531. The largest absolute Gasteiger partial charge is 0.382 e. The topological polar surface area (TPSA) is 96.5 Å². The van der Waals surface area contributed by atoms with Crippen LogP contribution in [0, 0.1) is 0 Å². The van der Waals surface area contributed by atoms with E-state index in [9.17, 15) is 14.4 Å². The van der Waals surface area contributed by atoms with Gasteiger partial charge in [0.2, 0.25) is 5.91 Å². The van der Waals surface area contributed by atoms with Crippen LogP contribution in [0.4, 0.5) is 11.4 Å². The number of anilines is 2. The van der Waals surface area contributed by atoms with Crippen LogP contribution in [-0.4, -0.2) is 37.5 Å². The van der Waals surface area contributed by atoms with Crippen molar-refractivity contribution in [2.45, 2.75) is 20.3 Å². The first-order valence-electron chi connectivity index (χ1n) is 7.07. The predicted molar refractivity (Wildman–Crippen MR) is 83.5 cm³/mol. The molecule has 1 aromatic rings. The summed E-state index contributed by atoms with van der Waals surface area (Å²) < 4.78 is 5.13. The van der Waals surface area contributed by atoms with Gasteiger partial charge < -0.3 is 20.7 Å². The van der Waals surface area contributed by atoms with E-state index in [1.165, 1.54) is 6.92 Å². The number of hydrogen-bond acceptors (Lipinski definition) is 4. The highest BCUT2D eigenvalue weighted by atomic mass is 16.5. The highest BCUT2D eigenvalue weighted by Crippen LogP contribution is 2.14. The van der Waals surface area contributed by atoms with Crippen molar-refractivity contribution in [1.29, 1.82) is 0 Å². The molecule has 0 aromatic heterocycles. The Morgan fingerprint density at radius 1 is 1.09 bits per heavy atom. The Hall–Kier alpha value is -2.41. The van der Waals surface area contributed by atoms with Crippen molar-refractivity contribution in [3.63, 3.8) is 0 Å². The molecule has 0 bridgehead atoms. The molecule has 0 heterocycles. The average molecular weight is 307 g/mol. The molecule has 0 spiro atoms. The standard InChI is InChI=1S/C15H21N3O4/c1-3-22-9-5-8-16-14(20)15(21)18-13-7-4-6-12(10-13)17-11(2)19/h4,6-7,10H,3,5,8-9H2,1-2H3,(H,16,20)(H,17,19)(H,18,21). The molecule has 0 aliphatic carbocycles. The van der Waals surface area contributed by atoms with Crippen molar-refractivity contribution in [2.75, 3.05) is 30.4 Å². The van der Waals surface area contributed by atoms with E-state index in [0.29, 0.717) is 37.6 Å². The van der Waals surface area contributed by atoms with Gasteiger partial charge >= 0.3 is 11.8 Å².